The molecule has 0 spiro atoms. The molecule has 24 nitrogen and oxygen atoms in total. The molecule has 0 saturated carbocycles. The van der Waals surface area contributed by atoms with Gasteiger partial charge in [0.05, 0.1) is 48.7 Å². The van der Waals surface area contributed by atoms with Crippen molar-refractivity contribution in [3.05, 3.63) is 82.3 Å². The van der Waals surface area contributed by atoms with Gasteiger partial charge in [-0.1, -0.05) is 125 Å². The minimum absolute atomic E-state index is 0.0288. The summed E-state index contributed by atoms with van der Waals surface area (Å²) in [6.07, 6.45) is 6.57. The highest BCUT2D eigenvalue weighted by molar-refractivity contribution is 7.09. The average Bonchev–Trinajstić information content (AvgIpc) is 1.67. The number of nitrogens with two attached hydrogens (primary N) is 1. The summed E-state index contributed by atoms with van der Waals surface area (Å²) in [4.78, 5) is 147. The number of amides is 11. The highest BCUT2D eigenvalue weighted by Gasteiger charge is 2.44. The molecular formula is C72H112N12O12S. The number of likely N-dealkylation sites (N-methyl/N-ethyl adjacent to an activating group) is 2. The van der Waals surface area contributed by atoms with E-state index in [2.05, 4.69) is 36.9 Å². The number of nitrogens with one attached hydrogen (secondary N) is 6. The number of rotatable bonds is 41. The number of aromatic nitrogens is 1. The van der Waals surface area contributed by atoms with Crippen molar-refractivity contribution in [3.8, 4) is 0 Å². The lowest BCUT2D eigenvalue weighted by atomic mass is 9.89. The fourth-order valence-corrected chi connectivity index (χ4v) is 14.0. The van der Waals surface area contributed by atoms with Crippen molar-refractivity contribution in [2.45, 2.75) is 214 Å². The van der Waals surface area contributed by atoms with Gasteiger partial charge in [-0.15, -0.1) is 11.3 Å². The van der Waals surface area contributed by atoms with Crippen molar-refractivity contribution in [2.24, 2.45) is 41.2 Å². The van der Waals surface area contributed by atoms with E-state index in [1.807, 2.05) is 120 Å². The first-order valence-corrected chi connectivity index (χ1v) is 35.8. The zero-order chi connectivity index (χ0) is 71.6. The molecule has 11 amide bonds. The second-order valence-corrected chi connectivity index (χ2v) is 28.3. The van der Waals surface area contributed by atoms with Crippen LogP contribution in [-0.4, -0.2) is 187 Å². The number of nitrogens with zero attached hydrogens (tertiary/aromatic N) is 5. The number of carbonyl (C=O) groups excluding carboxylic acids is 10. The predicted octanol–water partition coefficient (Wildman–Crippen LogP) is 7.16. The summed E-state index contributed by atoms with van der Waals surface area (Å²) in [5, 5.41) is 20.1. The Balaban J connectivity index is 1.18. The lowest BCUT2D eigenvalue weighted by Crippen LogP contribution is -2.60. The Morgan fingerprint density at radius 1 is 0.763 bits per heavy atom. The topological polar surface area (TPSA) is 313 Å². The number of hydrogen-bond donors (Lipinski definition) is 7. The first-order valence-electron chi connectivity index (χ1n) is 34.9. The van der Waals surface area contributed by atoms with Gasteiger partial charge in [0.15, 0.2) is 0 Å². The Morgan fingerprint density at radius 3 is 2.04 bits per heavy atom. The maximum Gasteiger partial charge on any atom is 0.312 e. The Kier molecular flexibility index (Phi) is 33.0. The van der Waals surface area contributed by atoms with Crippen LogP contribution in [0.1, 0.15) is 168 Å². The number of thiazole rings is 1. The van der Waals surface area contributed by atoms with Gasteiger partial charge >= 0.3 is 6.03 Å². The summed E-state index contributed by atoms with van der Waals surface area (Å²) in [7, 11) is 6.72. The molecule has 3 aromatic rings. The van der Waals surface area contributed by atoms with Crippen molar-refractivity contribution in [1.29, 1.82) is 0 Å². The van der Waals surface area contributed by atoms with Crippen LogP contribution < -0.4 is 37.6 Å². The Labute approximate surface area is 579 Å². The number of primary amides is 1. The summed E-state index contributed by atoms with van der Waals surface area (Å²) in [5.41, 5.74) is 7.72. The molecule has 2 aliphatic rings. The van der Waals surface area contributed by atoms with Gasteiger partial charge in [-0.3, -0.25) is 53.0 Å². The van der Waals surface area contributed by atoms with Gasteiger partial charge in [-0.05, 0) is 112 Å². The lowest BCUT2D eigenvalue weighted by Gasteiger charge is -2.41. The molecule has 3 heterocycles. The van der Waals surface area contributed by atoms with Crippen LogP contribution in [0.25, 0.3) is 0 Å². The molecule has 2 aliphatic heterocycles. The first-order chi connectivity index (χ1) is 46.1. The summed E-state index contributed by atoms with van der Waals surface area (Å²) in [6.45, 7) is 20.4. The molecule has 2 saturated heterocycles. The first kappa shape index (κ1) is 80.3. The van der Waals surface area contributed by atoms with E-state index in [4.69, 9.17) is 15.2 Å². The predicted molar refractivity (Wildman–Crippen MR) is 375 cm³/mol. The van der Waals surface area contributed by atoms with Crippen LogP contribution in [0.2, 0.25) is 0 Å². The third-order valence-corrected chi connectivity index (χ3v) is 20.1. The zero-order valence-electron chi connectivity index (χ0n) is 59.9. The van der Waals surface area contributed by atoms with E-state index in [1.54, 1.807) is 58.3 Å². The molecule has 0 bridgehead atoms. The van der Waals surface area contributed by atoms with Crippen LogP contribution in [0.5, 0.6) is 0 Å². The summed E-state index contributed by atoms with van der Waals surface area (Å²) in [5.74, 6) is -4.50. The number of ether oxygens (including phenoxy) is 2. The second-order valence-electron chi connectivity index (χ2n) is 27.3. The minimum atomic E-state index is -1.05. The van der Waals surface area contributed by atoms with Crippen LogP contribution >= 0.6 is 11.3 Å². The Bertz CT molecular complexity index is 3030. The standard InChI is InChI=1S/C72H112N12O12S/c1-15-47(9)63(56(95-13)43-59(87)83-38-24-28-55(83)64(96-14)48(10)65(88)78-54(69-74-36-40-97-69)41-50-25-19-17-20-26-50)82(12)71(93)61(45(5)6)80-68(91)62(46(7)8)81(11)39-34-49-30-32-52(33-31-49)76-66(89)53(27-23-35-75-72(73)94)77-67(90)60(44(3)4)79-57(85)29-21-18-22-37-84-58(86)42-51(16-2)70(84)92/h17,19-20,25-26,30-33,36,40,44-48,51,53-56,60-64H,15-16,18,21-24,27-29,34-35,37-39,41-43H2,1-14H3,(H,76,89)(H,77,90)(H,78,88)(H,79,85)(H,80,91)(H3,73,75,94)/t47-,48+,51?,53-,54-,55-,56+,60-,61-,62-,63-,64+/m0/s1. The Morgan fingerprint density at radius 2 is 1.45 bits per heavy atom. The quantitative estimate of drug-likeness (QED) is 0.0219. The van der Waals surface area contributed by atoms with E-state index in [0.29, 0.717) is 83.1 Å². The minimum Gasteiger partial charge on any atom is -0.379 e. The van der Waals surface area contributed by atoms with Crippen molar-refractivity contribution in [3.63, 3.8) is 0 Å². The van der Waals surface area contributed by atoms with Crippen molar-refractivity contribution in [1.82, 2.24) is 51.2 Å². The van der Waals surface area contributed by atoms with E-state index < -0.39 is 66.2 Å². The monoisotopic (exact) mass is 1370 g/mol. The number of unbranched alkanes of at least 4 members (excludes halogenated alkanes) is 2. The largest absolute Gasteiger partial charge is 0.379 e. The SMILES string of the molecule is CCC1CC(=O)N(CCCCCC(=O)N[C@H](C(=O)N[C@@H](CCCNC(N)=O)C(=O)Nc2ccc(CCN(C)[C@H](C(=O)N[C@H](C(=O)N(C)[C@@H]([C@@H](C)CC)[C@@H](CC(=O)N3CCC[C@H]3[C@H](OC)[C@@H](C)C(=O)N[C@@H](Cc3ccccc3)c3nccs3)OC)C(C)C)C(C)C)cc2)C(C)C)C1=O. The fourth-order valence-electron chi connectivity index (χ4n) is 13.3. The van der Waals surface area contributed by atoms with Gasteiger partial charge < -0.3 is 56.9 Å². The molecule has 12 atom stereocenters. The van der Waals surface area contributed by atoms with Crippen LogP contribution in [0, 0.1) is 35.5 Å². The highest BCUT2D eigenvalue weighted by Crippen LogP contribution is 2.32. The maximum absolute atomic E-state index is 14.9. The van der Waals surface area contributed by atoms with E-state index in [9.17, 15) is 47.9 Å². The number of likely N-dealkylation sites (tertiary alicyclic amines) is 2. The molecule has 0 aliphatic carbocycles. The number of urea groups is 1. The van der Waals surface area contributed by atoms with Gasteiger partial charge in [0.2, 0.25) is 53.2 Å². The number of benzene rings is 2. The number of carbonyl (C=O) groups is 10. The van der Waals surface area contributed by atoms with E-state index in [0.717, 1.165) is 22.6 Å². The molecule has 97 heavy (non-hydrogen) atoms. The average molecular weight is 1370 g/mol. The Hall–Kier alpha value is -7.35. The molecular weight excluding hydrogens is 1260 g/mol. The third kappa shape index (κ3) is 23.7. The smallest absolute Gasteiger partial charge is 0.312 e. The van der Waals surface area contributed by atoms with E-state index in [-0.39, 0.29) is 115 Å². The molecule has 2 aromatic carbocycles. The van der Waals surface area contributed by atoms with E-state index in [1.165, 1.54) is 16.2 Å². The zero-order valence-corrected chi connectivity index (χ0v) is 60.7. The molecule has 2 fully saturated rings. The lowest BCUT2D eigenvalue weighted by molar-refractivity contribution is -0.148. The molecule has 538 valence electrons. The number of anilines is 1. The molecule has 25 heteroatoms. The molecule has 1 unspecified atom stereocenters. The normalized spacial score (nSPS) is 18.0. The molecule has 8 N–H and O–H groups in total. The van der Waals surface area contributed by atoms with E-state index >= 15 is 0 Å². The third-order valence-electron chi connectivity index (χ3n) is 19.2. The van der Waals surface area contributed by atoms with Crippen LogP contribution in [-0.2, 0) is 65.5 Å². The fraction of sp³-hybridized carbons (Fsp3) is 0.653. The number of methoxy groups -OCH3 is 2. The number of imide groups is 1. The highest BCUT2D eigenvalue weighted by atomic mass is 32.1. The van der Waals surface area contributed by atoms with Crippen LogP contribution in [0.3, 0.4) is 0 Å². The van der Waals surface area contributed by atoms with Crippen molar-refractivity contribution >= 4 is 76.2 Å². The van der Waals surface area contributed by atoms with Gasteiger partial charge in [0, 0.05) is 83.5 Å². The van der Waals surface area contributed by atoms with Crippen LogP contribution in [0.4, 0.5) is 10.5 Å². The van der Waals surface area contributed by atoms with Crippen molar-refractivity contribution in [2.75, 3.05) is 59.8 Å². The summed E-state index contributed by atoms with van der Waals surface area (Å²) < 4.78 is 12.3. The van der Waals surface area contributed by atoms with Gasteiger partial charge in [0.1, 0.15) is 23.1 Å². The van der Waals surface area contributed by atoms with Crippen molar-refractivity contribution < 1.29 is 57.4 Å². The summed E-state index contributed by atoms with van der Waals surface area (Å²) >= 11 is 1.48. The van der Waals surface area contributed by atoms with Gasteiger partial charge in [-0.2, -0.15) is 0 Å². The van der Waals surface area contributed by atoms with Gasteiger partial charge in [0.25, 0.3) is 0 Å². The maximum atomic E-state index is 14.9. The molecule has 1 aromatic heterocycles. The molecule has 5 rings (SSSR count). The molecule has 0 radical (unpaired) electrons. The van der Waals surface area contributed by atoms with Crippen LogP contribution in [0.15, 0.2) is 66.2 Å². The summed E-state index contributed by atoms with van der Waals surface area (Å²) in [6, 6.07) is 11.6. The second kappa shape index (κ2) is 39.9. The number of hydrogen-bond acceptors (Lipinski definition) is 15. The van der Waals surface area contributed by atoms with Gasteiger partial charge in [-0.25, -0.2) is 9.78 Å².